The van der Waals surface area contributed by atoms with Crippen molar-refractivity contribution >= 4 is 11.6 Å². The van der Waals surface area contributed by atoms with Crippen LogP contribution in [-0.4, -0.2) is 91.2 Å². The smallest absolute Gasteiger partial charge is 0.164 e. The summed E-state index contributed by atoms with van der Waals surface area (Å²) < 4.78 is 11.6. The highest BCUT2D eigenvalue weighted by molar-refractivity contribution is 5.67. The quantitative estimate of drug-likeness (QED) is 0.318. The van der Waals surface area contributed by atoms with Gasteiger partial charge in [-0.3, -0.25) is 4.90 Å². The number of piperidine rings is 1. The van der Waals surface area contributed by atoms with Crippen molar-refractivity contribution in [3.05, 3.63) is 65.7 Å². The van der Waals surface area contributed by atoms with Gasteiger partial charge in [-0.05, 0) is 56.8 Å². The van der Waals surface area contributed by atoms with E-state index in [0.29, 0.717) is 36.7 Å². The SMILES string of the molecule is CNCC(O)COc1cccc(-c2nc(N[C@@H]3CCOC3)c(C)c(N3CCC[C@H]4CN(Cc5ccccc5)C[C@H]43)n2)c1. The van der Waals surface area contributed by atoms with E-state index in [2.05, 4.69) is 57.7 Å². The lowest BCUT2D eigenvalue weighted by atomic mass is 9.92. The van der Waals surface area contributed by atoms with Crippen molar-refractivity contribution in [2.75, 3.05) is 63.3 Å². The Morgan fingerprint density at radius 3 is 2.79 bits per heavy atom. The lowest BCUT2D eigenvalue weighted by molar-refractivity contribution is 0.108. The molecule has 3 aliphatic heterocycles. The van der Waals surface area contributed by atoms with Crippen LogP contribution < -0.4 is 20.3 Å². The Hall–Kier alpha value is -3.24. The molecule has 0 saturated carbocycles. The lowest BCUT2D eigenvalue weighted by Crippen LogP contribution is -2.46. The maximum Gasteiger partial charge on any atom is 0.164 e. The van der Waals surface area contributed by atoms with Crippen LogP contribution in [0.5, 0.6) is 5.75 Å². The maximum atomic E-state index is 10.1. The molecule has 0 aliphatic carbocycles. The first-order chi connectivity index (χ1) is 20.6. The molecule has 42 heavy (non-hydrogen) atoms. The Labute approximate surface area is 249 Å². The standard InChI is InChI=1S/C33H44N6O3/c1-23-31(35-27-13-15-41-21-27)36-32(25-10-6-12-29(16-25)42-22-28(40)17-34-2)37-33(23)39-14-7-11-26-19-38(20-30(26)39)18-24-8-4-3-5-9-24/h3-6,8-10,12,16,26-28,30,34,40H,7,11,13-15,17-22H2,1-2H3,(H,35,36,37)/t26-,27+,28?,30+/m0/s1. The third-order valence-corrected chi connectivity index (χ3v) is 8.74. The van der Waals surface area contributed by atoms with Gasteiger partial charge >= 0.3 is 0 Å². The number of rotatable bonds is 11. The first-order valence-corrected chi connectivity index (χ1v) is 15.4. The van der Waals surface area contributed by atoms with Crippen LogP contribution >= 0.6 is 0 Å². The van der Waals surface area contributed by atoms with Gasteiger partial charge in [0, 0.05) is 56.5 Å². The summed E-state index contributed by atoms with van der Waals surface area (Å²) in [4.78, 5) is 15.5. The van der Waals surface area contributed by atoms with E-state index >= 15 is 0 Å². The molecule has 0 spiro atoms. The largest absolute Gasteiger partial charge is 0.491 e. The van der Waals surface area contributed by atoms with Crippen molar-refractivity contribution in [1.29, 1.82) is 0 Å². The summed E-state index contributed by atoms with van der Waals surface area (Å²) in [7, 11) is 1.82. The first-order valence-electron chi connectivity index (χ1n) is 15.4. The van der Waals surface area contributed by atoms with Gasteiger partial charge in [0.05, 0.1) is 12.6 Å². The van der Waals surface area contributed by atoms with Gasteiger partial charge < -0.3 is 30.1 Å². The zero-order valence-corrected chi connectivity index (χ0v) is 24.8. The van der Waals surface area contributed by atoms with Crippen LogP contribution in [0.1, 0.15) is 30.4 Å². The summed E-state index contributed by atoms with van der Waals surface area (Å²) in [6.07, 6.45) is 2.81. The Morgan fingerprint density at radius 1 is 1.10 bits per heavy atom. The van der Waals surface area contributed by atoms with Gasteiger partial charge in [-0.1, -0.05) is 42.5 Å². The Kier molecular flexibility index (Phi) is 9.19. The van der Waals surface area contributed by atoms with E-state index in [1.165, 1.54) is 12.0 Å². The van der Waals surface area contributed by atoms with E-state index in [1.807, 2.05) is 31.3 Å². The molecule has 9 nitrogen and oxygen atoms in total. The molecule has 4 atom stereocenters. The van der Waals surface area contributed by atoms with Gasteiger partial charge in [0.25, 0.3) is 0 Å². The molecule has 1 unspecified atom stereocenters. The molecule has 0 radical (unpaired) electrons. The van der Waals surface area contributed by atoms with E-state index in [0.717, 1.165) is 68.4 Å². The average Bonchev–Trinajstić information content (AvgIpc) is 3.67. The third kappa shape index (κ3) is 6.70. The van der Waals surface area contributed by atoms with Crippen molar-refractivity contribution in [1.82, 2.24) is 20.2 Å². The summed E-state index contributed by atoms with van der Waals surface area (Å²) in [5, 5.41) is 16.8. The third-order valence-electron chi connectivity index (χ3n) is 8.74. The number of fused-ring (bicyclic) bond motifs is 1. The Morgan fingerprint density at radius 2 is 1.98 bits per heavy atom. The molecule has 3 saturated heterocycles. The second-order valence-corrected chi connectivity index (χ2v) is 11.9. The fourth-order valence-corrected chi connectivity index (χ4v) is 6.61. The Balaban J connectivity index is 1.29. The minimum absolute atomic E-state index is 0.217. The molecule has 3 N–H and O–H groups in total. The number of hydrogen-bond donors (Lipinski definition) is 3. The number of hydrogen-bond acceptors (Lipinski definition) is 9. The molecule has 0 bridgehead atoms. The van der Waals surface area contributed by atoms with Gasteiger partial charge in [-0.15, -0.1) is 0 Å². The van der Waals surface area contributed by atoms with Crippen molar-refractivity contribution in [2.24, 2.45) is 5.92 Å². The van der Waals surface area contributed by atoms with Gasteiger partial charge in [0.2, 0.25) is 0 Å². The number of aliphatic hydroxyl groups excluding tert-OH is 1. The van der Waals surface area contributed by atoms with Crippen LogP contribution in [0.3, 0.4) is 0 Å². The zero-order chi connectivity index (χ0) is 28.9. The minimum Gasteiger partial charge on any atom is -0.491 e. The maximum absolute atomic E-state index is 10.1. The highest BCUT2D eigenvalue weighted by atomic mass is 16.5. The average molecular weight is 573 g/mol. The zero-order valence-electron chi connectivity index (χ0n) is 24.8. The van der Waals surface area contributed by atoms with Gasteiger partial charge in [-0.25, -0.2) is 9.97 Å². The molecule has 6 rings (SSSR count). The van der Waals surface area contributed by atoms with Crippen molar-refractivity contribution in [2.45, 2.75) is 50.9 Å². The summed E-state index contributed by atoms with van der Waals surface area (Å²) in [6.45, 7) is 8.45. The second kappa shape index (κ2) is 13.4. The molecule has 2 aromatic carbocycles. The molecule has 0 amide bonds. The van der Waals surface area contributed by atoms with Crippen molar-refractivity contribution in [3.8, 4) is 17.1 Å². The molecular weight excluding hydrogens is 528 g/mol. The summed E-state index contributed by atoms with van der Waals surface area (Å²) in [6, 6.07) is 19.3. The summed E-state index contributed by atoms with van der Waals surface area (Å²) in [5.74, 6) is 3.90. The number of benzene rings is 2. The number of aliphatic hydroxyl groups is 1. The monoisotopic (exact) mass is 572 g/mol. The van der Waals surface area contributed by atoms with Crippen LogP contribution in [0.25, 0.3) is 11.4 Å². The van der Waals surface area contributed by atoms with Crippen LogP contribution in [0.15, 0.2) is 54.6 Å². The number of anilines is 2. The topological polar surface area (TPSA) is 95.0 Å². The normalized spacial score (nSPS) is 23.1. The predicted octanol–water partition coefficient (Wildman–Crippen LogP) is 3.71. The number of aromatic nitrogens is 2. The summed E-state index contributed by atoms with van der Waals surface area (Å²) in [5.41, 5.74) is 3.36. The minimum atomic E-state index is -0.578. The molecule has 9 heteroatoms. The number of ether oxygens (including phenoxy) is 2. The van der Waals surface area contributed by atoms with Crippen LogP contribution in [0, 0.1) is 12.8 Å². The van der Waals surface area contributed by atoms with Crippen LogP contribution in [0.2, 0.25) is 0 Å². The van der Waals surface area contributed by atoms with Gasteiger partial charge in [0.15, 0.2) is 5.82 Å². The number of nitrogens with zero attached hydrogens (tertiary/aromatic N) is 4. The fourth-order valence-electron chi connectivity index (χ4n) is 6.61. The summed E-state index contributed by atoms with van der Waals surface area (Å²) >= 11 is 0. The second-order valence-electron chi connectivity index (χ2n) is 11.9. The number of likely N-dealkylation sites (tertiary alicyclic amines) is 1. The lowest BCUT2D eigenvalue weighted by Gasteiger charge is -2.39. The van der Waals surface area contributed by atoms with Gasteiger partial charge in [-0.2, -0.15) is 0 Å². The van der Waals surface area contributed by atoms with E-state index < -0.39 is 6.10 Å². The van der Waals surface area contributed by atoms with E-state index in [4.69, 9.17) is 19.4 Å². The number of likely N-dealkylation sites (N-methyl/N-ethyl adjacent to an activating group) is 1. The van der Waals surface area contributed by atoms with Gasteiger partial charge in [0.1, 0.15) is 30.1 Å². The molecule has 3 fully saturated rings. The van der Waals surface area contributed by atoms with E-state index in [1.54, 1.807) is 0 Å². The molecule has 224 valence electrons. The van der Waals surface area contributed by atoms with Crippen LogP contribution in [-0.2, 0) is 11.3 Å². The molecule has 3 aliphatic rings. The van der Waals surface area contributed by atoms with Crippen LogP contribution in [0.4, 0.5) is 11.6 Å². The highest BCUT2D eigenvalue weighted by Crippen LogP contribution is 2.38. The van der Waals surface area contributed by atoms with E-state index in [-0.39, 0.29) is 12.6 Å². The molecule has 1 aromatic heterocycles. The van der Waals surface area contributed by atoms with Crippen molar-refractivity contribution < 1.29 is 14.6 Å². The van der Waals surface area contributed by atoms with Crippen molar-refractivity contribution in [3.63, 3.8) is 0 Å². The Bertz CT molecular complexity index is 1320. The molecule has 4 heterocycles. The number of nitrogens with one attached hydrogen (secondary N) is 2. The highest BCUT2D eigenvalue weighted by Gasteiger charge is 2.40. The molecular formula is C33H44N6O3. The molecule has 3 aromatic rings. The predicted molar refractivity (Wildman–Crippen MR) is 166 cm³/mol. The first kappa shape index (κ1) is 28.9. The van der Waals surface area contributed by atoms with E-state index in [9.17, 15) is 5.11 Å². The fraction of sp³-hybridized carbons (Fsp3) is 0.515.